The van der Waals surface area contributed by atoms with Crippen LogP contribution in [0.4, 0.5) is 0 Å². The Bertz CT molecular complexity index is 425. The first-order valence-electron chi connectivity index (χ1n) is 7.40. The summed E-state index contributed by atoms with van der Waals surface area (Å²) in [6.07, 6.45) is 0.950. The third-order valence-corrected chi connectivity index (χ3v) is 4.09. The van der Waals surface area contributed by atoms with Crippen molar-refractivity contribution >= 4 is 0 Å². The maximum atomic E-state index is 6.41. The third-order valence-electron chi connectivity index (χ3n) is 4.09. The standard InChI is InChI=1S/C16H26N2O2/c1-4-15(17)16(18-8-9-20-11-12(18)2)13-6-5-7-14(10-13)19-3/h5-7,10,12,15-16H,4,8-9,11,17H2,1-3H3. The average molecular weight is 278 g/mol. The number of benzene rings is 1. The van der Waals surface area contributed by atoms with Crippen molar-refractivity contribution in [1.82, 2.24) is 4.90 Å². The molecule has 112 valence electrons. The number of ether oxygens (including phenoxy) is 2. The van der Waals surface area contributed by atoms with Crippen molar-refractivity contribution in [2.24, 2.45) is 5.73 Å². The number of hydrogen-bond donors (Lipinski definition) is 1. The largest absolute Gasteiger partial charge is 0.497 e. The lowest BCUT2D eigenvalue weighted by atomic mass is 9.94. The summed E-state index contributed by atoms with van der Waals surface area (Å²) in [5, 5.41) is 0. The monoisotopic (exact) mass is 278 g/mol. The quantitative estimate of drug-likeness (QED) is 0.897. The first-order valence-corrected chi connectivity index (χ1v) is 7.40. The van der Waals surface area contributed by atoms with Crippen LogP contribution in [0.3, 0.4) is 0 Å². The van der Waals surface area contributed by atoms with Gasteiger partial charge in [0.1, 0.15) is 5.75 Å². The zero-order chi connectivity index (χ0) is 14.5. The van der Waals surface area contributed by atoms with Crippen LogP contribution in [0.2, 0.25) is 0 Å². The summed E-state index contributed by atoms with van der Waals surface area (Å²) in [5.74, 6) is 0.886. The van der Waals surface area contributed by atoms with E-state index in [9.17, 15) is 0 Å². The summed E-state index contributed by atoms with van der Waals surface area (Å²) in [6, 6.07) is 8.97. The van der Waals surface area contributed by atoms with E-state index < -0.39 is 0 Å². The van der Waals surface area contributed by atoms with Gasteiger partial charge in [-0.25, -0.2) is 0 Å². The second-order valence-corrected chi connectivity index (χ2v) is 5.46. The molecular weight excluding hydrogens is 252 g/mol. The Kier molecular flexibility index (Phi) is 5.40. The highest BCUT2D eigenvalue weighted by atomic mass is 16.5. The van der Waals surface area contributed by atoms with Gasteiger partial charge in [-0.05, 0) is 31.0 Å². The molecule has 2 rings (SSSR count). The van der Waals surface area contributed by atoms with Gasteiger partial charge in [0.05, 0.1) is 26.4 Å². The molecule has 1 saturated heterocycles. The Morgan fingerprint density at radius 3 is 2.95 bits per heavy atom. The smallest absolute Gasteiger partial charge is 0.119 e. The van der Waals surface area contributed by atoms with Gasteiger partial charge < -0.3 is 15.2 Å². The van der Waals surface area contributed by atoms with E-state index in [2.05, 4.69) is 30.9 Å². The fraction of sp³-hybridized carbons (Fsp3) is 0.625. The lowest BCUT2D eigenvalue weighted by Crippen LogP contribution is -2.50. The number of methoxy groups -OCH3 is 1. The highest BCUT2D eigenvalue weighted by Crippen LogP contribution is 2.30. The maximum Gasteiger partial charge on any atom is 0.119 e. The van der Waals surface area contributed by atoms with E-state index in [0.29, 0.717) is 6.04 Å². The molecule has 1 aliphatic heterocycles. The molecule has 0 spiro atoms. The Labute approximate surface area is 121 Å². The fourth-order valence-electron chi connectivity index (χ4n) is 2.89. The summed E-state index contributed by atoms with van der Waals surface area (Å²) in [4.78, 5) is 2.46. The van der Waals surface area contributed by atoms with Crippen LogP contribution < -0.4 is 10.5 Å². The molecule has 4 heteroatoms. The van der Waals surface area contributed by atoms with E-state index >= 15 is 0 Å². The number of rotatable bonds is 5. The van der Waals surface area contributed by atoms with Crippen LogP contribution in [-0.2, 0) is 4.74 Å². The maximum absolute atomic E-state index is 6.41. The highest BCUT2D eigenvalue weighted by Gasteiger charge is 2.31. The topological polar surface area (TPSA) is 47.7 Å². The molecule has 0 radical (unpaired) electrons. The van der Waals surface area contributed by atoms with Gasteiger partial charge in [0.2, 0.25) is 0 Å². The molecule has 0 bridgehead atoms. The number of morpholine rings is 1. The molecule has 0 aromatic heterocycles. The van der Waals surface area contributed by atoms with Crippen LogP contribution >= 0.6 is 0 Å². The zero-order valence-electron chi connectivity index (χ0n) is 12.7. The van der Waals surface area contributed by atoms with Crippen molar-refractivity contribution in [3.63, 3.8) is 0 Å². The third kappa shape index (κ3) is 3.32. The van der Waals surface area contributed by atoms with Crippen LogP contribution in [0.25, 0.3) is 0 Å². The van der Waals surface area contributed by atoms with Crippen molar-refractivity contribution < 1.29 is 9.47 Å². The second-order valence-electron chi connectivity index (χ2n) is 5.46. The summed E-state index contributed by atoms with van der Waals surface area (Å²) >= 11 is 0. The minimum absolute atomic E-state index is 0.114. The number of hydrogen-bond acceptors (Lipinski definition) is 4. The van der Waals surface area contributed by atoms with Gasteiger partial charge in [-0.15, -0.1) is 0 Å². The van der Waals surface area contributed by atoms with E-state index in [0.717, 1.165) is 31.9 Å². The molecule has 2 N–H and O–H groups in total. The van der Waals surface area contributed by atoms with Crippen molar-refractivity contribution in [2.75, 3.05) is 26.9 Å². The molecule has 4 nitrogen and oxygen atoms in total. The Morgan fingerprint density at radius 2 is 2.30 bits per heavy atom. The van der Waals surface area contributed by atoms with Gasteiger partial charge in [0.25, 0.3) is 0 Å². The fourth-order valence-corrected chi connectivity index (χ4v) is 2.89. The van der Waals surface area contributed by atoms with Crippen LogP contribution in [-0.4, -0.2) is 43.9 Å². The van der Waals surface area contributed by atoms with Crippen molar-refractivity contribution in [2.45, 2.75) is 38.4 Å². The van der Waals surface area contributed by atoms with Crippen LogP contribution in [0.1, 0.15) is 31.9 Å². The minimum atomic E-state index is 0.114. The van der Waals surface area contributed by atoms with Gasteiger partial charge >= 0.3 is 0 Å². The molecule has 1 aromatic rings. The molecule has 1 aromatic carbocycles. The Balaban J connectivity index is 2.30. The van der Waals surface area contributed by atoms with Gasteiger partial charge in [-0.1, -0.05) is 19.1 Å². The second kappa shape index (κ2) is 7.07. The molecular formula is C16H26N2O2. The summed E-state index contributed by atoms with van der Waals surface area (Å²) < 4.78 is 10.9. The summed E-state index contributed by atoms with van der Waals surface area (Å²) in [6.45, 7) is 6.83. The van der Waals surface area contributed by atoms with E-state index in [1.807, 2.05) is 12.1 Å². The van der Waals surface area contributed by atoms with Gasteiger partial charge in [0.15, 0.2) is 0 Å². The van der Waals surface area contributed by atoms with E-state index in [-0.39, 0.29) is 12.1 Å². The number of nitrogens with zero attached hydrogens (tertiary/aromatic N) is 1. The molecule has 1 aliphatic rings. The van der Waals surface area contributed by atoms with E-state index in [4.69, 9.17) is 15.2 Å². The normalized spacial score (nSPS) is 23.3. The highest BCUT2D eigenvalue weighted by molar-refractivity contribution is 5.31. The summed E-state index contributed by atoms with van der Waals surface area (Å²) in [5.41, 5.74) is 7.64. The SMILES string of the molecule is CCC(N)C(c1cccc(OC)c1)N1CCOCC1C. The predicted molar refractivity (Wildman–Crippen MR) is 81.0 cm³/mol. The average Bonchev–Trinajstić information content (AvgIpc) is 2.49. The van der Waals surface area contributed by atoms with E-state index in [1.54, 1.807) is 7.11 Å². The van der Waals surface area contributed by atoms with Crippen molar-refractivity contribution in [3.8, 4) is 5.75 Å². The zero-order valence-corrected chi connectivity index (χ0v) is 12.7. The molecule has 20 heavy (non-hydrogen) atoms. The van der Waals surface area contributed by atoms with Gasteiger partial charge in [0, 0.05) is 18.6 Å². The summed E-state index contributed by atoms with van der Waals surface area (Å²) in [7, 11) is 1.70. The molecule has 1 heterocycles. The molecule has 0 saturated carbocycles. The van der Waals surface area contributed by atoms with Crippen molar-refractivity contribution in [3.05, 3.63) is 29.8 Å². The Hall–Kier alpha value is -1.10. The first-order chi connectivity index (χ1) is 9.67. The minimum Gasteiger partial charge on any atom is -0.497 e. The molecule has 0 aliphatic carbocycles. The van der Waals surface area contributed by atoms with Crippen LogP contribution in [0.15, 0.2) is 24.3 Å². The molecule has 3 atom stereocenters. The lowest BCUT2D eigenvalue weighted by molar-refractivity contribution is -0.0282. The predicted octanol–water partition coefficient (Wildman–Crippen LogP) is 2.19. The molecule has 3 unspecified atom stereocenters. The lowest BCUT2D eigenvalue weighted by Gasteiger charge is -2.42. The first kappa shape index (κ1) is 15.3. The van der Waals surface area contributed by atoms with Gasteiger partial charge in [-0.2, -0.15) is 0 Å². The molecule has 1 fully saturated rings. The van der Waals surface area contributed by atoms with Crippen molar-refractivity contribution in [1.29, 1.82) is 0 Å². The van der Waals surface area contributed by atoms with Crippen LogP contribution in [0, 0.1) is 0 Å². The number of nitrogens with two attached hydrogens (primary N) is 1. The Morgan fingerprint density at radius 1 is 1.50 bits per heavy atom. The molecule has 0 amide bonds. The van der Waals surface area contributed by atoms with E-state index in [1.165, 1.54) is 5.56 Å². The van der Waals surface area contributed by atoms with Crippen LogP contribution in [0.5, 0.6) is 5.75 Å². The van der Waals surface area contributed by atoms with Gasteiger partial charge in [-0.3, -0.25) is 4.90 Å².